The first-order valence-corrected chi connectivity index (χ1v) is 6.87. The molecule has 2 N–H and O–H groups in total. The summed E-state index contributed by atoms with van der Waals surface area (Å²) >= 11 is 1.78. The Balaban J connectivity index is 2.11. The van der Waals surface area contributed by atoms with Crippen LogP contribution in [0.2, 0.25) is 0 Å². The second kappa shape index (κ2) is 7.71. The molecule has 0 aliphatic heterocycles. The van der Waals surface area contributed by atoms with Crippen LogP contribution in [-0.4, -0.2) is 29.5 Å². The van der Waals surface area contributed by atoms with E-state index < -0.39 is 0 Å². The average Bonchev–Trinajstić information content (AvgIpc) is 2.28. The smallest absolute Gasteiger partial charge is 0.0755 e. The lowest BCUT2D eigenvalue weighted by molar-refractivity contribution is 0.192. The molecule has 0 saturated heterocycles. The number of hydrogen-bond donors (Lipinski definition) is 2. The minimum absolute atomic E-state index is 0.254. The molecule has 16 heavy (non-hydrogen) atoms. The molecule has 1 aromatic carbocycles. The zero-order chi connectivity index (χ0) is 11.8. The van der Waals surface area contributed by atoms with Crippen molar-refractivity contribution >= 4 is 11.8 Å². The molecule has 0 aromatic heterocycles. The zero-order valence-electron chi connectivity index (χ0n) is 10.0. The molecule has 90 valence electrons. The predicted octanol–water partition coefficient (Wildman–Crippen LogP) is 2.28. The van der Waals surface area contributed by atoms with E-state index in [0.717, 1.165) is 11.5 Å². The molecule has 3 heteroatoms. The van der Waals surface area contributed by atoms with E-state index in [1.807, 2.05) is 18.2 Å². The van der Waals surface area contributed by atoms with Crippen LogP contribution in [0.1, 0.15) is 19.4 Å². The van der Waals surface area contributed by atoms with Crippen molar-refractivity contribution in [3.63, 3.8) is 0 Å². The normalized spacial score (nSPS) is 13.0. The number of aliphatic hydroxyl groups is 1. The average molecular weight is 239 g/mol. The zero-order valence-corrected chi connectivity index (χ0v) is 10.8. The molecule has 0 aliphatic carbocycles. The Labute approximate surface area is 102 Å². The number of aliphatic hydroxyl groups excluding tert-OH is 1. The summed E-state index contributed by atoms with van der Waals surface area (Å²) in [4.78, 5) is 0. The van der Waals surface area contributed by atoms with Gasteiger partial charge in [0.2, 0.25) is 0 Å². The van der Waals surface area contributed by atoms with Gasteiger partial charge in [0.15, 0.2) is 0 Å². The summed E-state index contributed by atoms with van der Waals surface area (Å²) < 4.78 is 0. The SMILES string of the molecule is CC(C)NCC(O)CSCc1ccccc1. The van der Waals surface area contributed by atoms with E-state index in [9.17, 15) is 5.11 Å². The molecule has 0 saturated carbocycles. The van der Waals surface area contributed by atoms with Gasteiger partial charge < -0.3 is 10.4 Å². The van der Waals surface area contributed by atoms with E-state index in [1.54, 1.807) is 11.8 Å². The maximum Gasteiger partial charge on any atom is 0.0755 e. The lowest BCUT2D eigenvalue weighted by atomic mass is 10.2. The van der Waals surface area contributed by atoms with Crippen molar-refractivity contribution < 1.29 is 5.11 Å². The van der Waals surface area contributed by atoms with E-state index in [2.05, 4.69) is 31.3 Å². The van der Waals surface area contributed by atoms with Gasteiger partial charge in [-0.3, -0.25) is 0 Å². The molecular formula is C13H21NOS. The third-order valence-corrected chi connectivity index (χ3v) is 3.34. The summed E-state index contributed by atoms with van der Waals surface area (Å²) in [5.41, 5.74) is 1.32. The molecule has 0 heterocycles. The summed E-state index contributed by atoms with van der Waals surface area (Å²) in [5, 5.41) is 12.9. The van der Waals surface area contributed by atoms with E-state index in [-0.39, 0.29) is 6.10 Å². The highest BCUT2D eigenvalue weighted by atomic mass is 32.2. The van der Waals surface area contributed by atoms with Gasteiger partial charge in [-0.2, -0.15) is 11.8 Å². The minimum Gasteiger partial charge on any atom is -0.391 e. The molecule has 1 unspecified atom stereocenters. The molecule has 0 radical (unpaired) electrons. The van der Waals surface area contributed by atoms with Crippen molar-refractivity contribution in [3.05, 3.63) is 35.9 Å². The molecule has 0 aliphatic rings. The van der Waals surface area contributed by atoms with Crippen molar-refractivity contribution in [3.8, 4) is 0 Å². The van der Waals surface area contributed by atoms with Gasteiger partial charge in [-0.05, 0) is 5.56 Å². The summed E-state index contributed by atoms with van der Waals surface area (Å²) in [5.74, 6) is 1.76. The first-order valence-electron chi connectivity index (χ1n) is 5.71. The molecule has 1 rings (SSSR count). The van der Waals surface area contributed by atoms with Crippen LogP contribution in [0.25, 0.3) is 0 Å². The van der Waals surface area contributed by atoms with Crippen LogP contribution >= 0.6 is 11.8 Å². The largest absolute Gasteiger partial charge is 0.391 e. The topological polar surface area (TPSA) is 32.3 Å². The van der Waals surface area contributed by atoms with Crippen molar-refractivity contribution in [1.82, 2.24) is 5.32 Å². The summed E-state index contributed by atoms with van der Waals surface area (Å²) in [6.45, 7) is 4.85. The fourth-order valence-corrected chi connectivity index (χ4v) is 2.25. The fraction of sp³-hybridized carbons (Fsp3) is 0.538. The number of hydrogen-bond acceptors (Lipinski definition) is 3. The Morgan fingerprint density at radius 2 is 1.94 bits per heavy atom. The number of nitrogens with one attached hydrogen (secondary N) is 1. The van der Waals surface area contributed by atoms with Gasteiger partial charge in [0, 0.05) is 24.1 Å². The molecule has 0 amide bonds. The Kier molecular flexibility index (Phi) is 6.53. The third kappa shape index (κ3) is 6.16. The lowest BCUT2D eigenvalue weighted by Gasteiger charge is -2.13. The molecular weight excluding hydrogens is 218 g/mol. The van der Waals surface area contributed by atoms with Gasteiger partial charge in [-0.1, -0.05) is 44.2 Å². The number of benzene rings is 1. The Morgan fingerprint density at radius 1 is 1.25 bits per heavy atom. The van der Waals surface area contributed by atoms with Crippen LogP contribution < -0.4 is 5.32 Å². The lowest BCUT2D eigenvalue weighted by Crippen LogP contribution is -2.33. The van der Waals surface area contributed by atoms with Crippen molar-refractivity contribution in [2.24, 2.45) is 0 Å². The molecule has 0 spiro atoms. The van der Waals surface area contributed by atoms with Crippen molar-refractivity contribution in [2.75, 3.05) is 12.3 Å². The van der Waals surface area contributed by atoms with Gasteiger partial charge in [-0.25, -0.2) is 0 Å². The highest BCUT2D eigenvalue weighted by Gasteiger charge is 2.04. The molecule has 1 atom stereocenters. The fourth-order valence-electron chi connectivity index (χ4n) is 1.32. The quantitative estimate of drug-likeness (QED) is 0.765. The standard InChI is InChI=1S/C13H21NOS/c1-11(2)14-8-13(15)10-16-9-12-6-4-3-5-7-12/h3-7,11,13-15H,8-10H2,1-2H3. The highest BCUT2D eigenvalue weighted by molar-refractivity contribution is 7.98. The number of thioether (sulfide) groups is 1. The van der Waals surface area contributed by atoms with Crippen LogP contribution in [0, 0.1) is 0 Å². The Morgan fingerprint density at radius 3 is 2.56 bits per heavy atom. The van der Waals surface area contributed by atoms with Crippen LogP contribution in [0.4, 0.5) is 0 Å². The van der Waals surface area contributed by atoms with Gasteiger partial charge in [0.25, 0.3) is 0 Å². The van der Waals surface area contributed by atoms with Crippen LogP contribution in [-0.2, 0) is 5.75 Å². The summed E-state index contributed by atoms with van der Waals surface area (Å²) in [6, 6.07) is 10.8. The maximum absolute atomic E-state index is 9.69. The summed E-state index contributed by atoms with van der Waals surface area (Å²) in [7, 11) is 0. The van der Waals surface area contributed by atoms with Crippen molar-refractivity contribution in [1.29, 1.82) is 0 Å². The van der Waals surface area contributed by atoms with E-state index in [4.69, 9.17) is 0 Å². The minimum atomic E-state index is -0.254. The first-order chi connectivity index (χ1) is 7.68. The second-order valence-corrected chi connectivity index (χ2v) is 5.25. The van der Waals surface area contributed by atoms with E-state index in [1.165, 1.54) is 5.56 Å². The molecule has 1 aromatic rings. The summed E-state index contributed by atoms with van der Waals surface area (Å²) in [6.07, 6.45) is -0.254. The molecule has 0 bridgehead atoms. The second-order valence-electron chi connectivity index (χ2n) is 4.22. The Bertz CT molecular complexity index is 277. The third-order valence-electron chi connectivity index (χ3n) is 2.18. The first kappa shape index (κ1) is 13.6. The van der Waals surface area contributed by atoms with Gasteiger partial charge in [-0.15, -0.1) is 0 Å². The molecule has 2 nitrogen and oxygen atoms in total. The highest BCUT2D eigenvalue weighted by Crippen LogP contribution is 2.12. The monoisotopic (exact) mass is 239 g/mol. The van der Waals surface area contributed by atoms with Crippen LogP contribution in [0.3, 0.4) is 0 Å². The predicted molar refractivity (Wildman–Crippen MR) is 71.7 cm³/mol. The van der Waals surface area contributed by atoms with Gasteiger partial charge in [0.1, 0.15) is 0 Å². The Hall–Kier alpha value is -0.510. The van der Waals surface area contributed by atoms with Crippen molar-refractivity contribution in [2.45, 2.75) is 31.7 Å². The van der Waals surface area contributed by atoms with E-state index in [0.29, 0.717) is 12.6 Å². The molecule has 0 fully saturated rings. The van der Waals surface area contributed by atoms with Gasteiger partial charge >= 0.3 is 0 Å². The van der Waals surface area contributed by atoms with E-state index >= 15 is 0 Å². The van der Waals surface area contributed by atoms with Gasteiger partial charge in [0.05, 0.1) is 6.10 Å². The number of rotatable bonds is 7. The van der Waals surface area contributed by atoms with Crippen LogP contribution in [0.5, 0.6) is 0 Å². The van der Waals surface area contributed by atoms with Crippen LogP contribution in [0.15, 0.2) is 30.3 Å². The maximum atomic E-state index is 9.69.